The molecular weight excluding hydrogens is 146 g/mol. The second-order valence-corrected chi connectivity index (χ2v) is 3.29. The Bertz CT molecular complexity index is 241. The van der Waals surface area contributed by atoms with Crippen molar-refractivity contribution in [2.75, 3.05) is 0 Å². The van der Waals surface area contributed by atoms with Crippen molar-refractivity contribution >= 4 is 23.1 Å². The Hall–Kier alpha value is -0.770. The maximum Gasteiger partial charge on any atom is 0.100 e. The van der Waals surface area contributed by atoms with Crippen LogP contribution in [-0.2, 0) is 0 Å². The summed E-state index contributed by atoms with van der Waals surface area (Å²) in [5.74, 6) is 0.715. The van der Waals surface area contributed by atoms with Gasteiger partial charge in [0.2, 0.25) is 0 Å². The van der Waals surface area contributed by atoms with E-state index in [1.54, 1.807) is 18.0 Å². The molecule has 0 aromatic heterocycles. The van der Waals surface area contributed by atoms with Crippen LogP contribution < -0.4 is 5.73 Å². The minimum Gasteiger partial charge on any atom is -0.387 e. The maximum atomic E-state index is 5.53. The molecule has 0 aromatic rings. The van der Waals surface area contributed by atoms with Gasteiger partial charge in [0.15, 0.2) is 0 Å². The first kappa shape index (κ1) is 5.97. The summed E-state index contributed by atoms with van der Waals surface area (Å²) < 4.78 is 0. The lowest BCUT2D eigenvalue weighted by atomic mass is 10.2. The monoisotopic (exact) mass is 153 g/mol. The minimum atomic E-state index is 0.442. The van der Waals surface area contributed by atoms with Gasteiger partial charge in [0.1, 0.15) is 5.84 Å². The van der Waals surface area contributed by atoms with Crippen molar-refractivity contribution in [1.82, 2.24) is 0 Å². The van der Waals surface area contributed by atoms with E-state index < -0.39 is 0 Å². The number of thioether (sulfide) groups is 1. The third-order valence-electron chi connectivity index (χ3n) is 1.51. The Morgan fingerprint density at radius 2 is 2.60 bits per heavy atom. The van der Waals surface area contributed by atoms with Crippen LogP contribution in [0.4, 0.5) is 0 Å². The van der Waals surface area contributed by atoms with Crippen LogP contribution in [0.25, 0.3) is 0 Å². The fraction of sp³-hybridized carbons (Fsp3) is 0.333. The van der Waals surface area contributed by atoms with Crippen molar-refractivity contribution in [1.29, 1.82) is 0 Å². The van der Waals surface area contributed by atoms with Gasteiger partial charge < -0.3 is 5.73 Å². The molecule has 0 spiro atoms. The number of hydrogen-bond donors (Lipinski definition) is 1. The van der Waals surface area contributed by atoms with Gasteiger partial charge in [-0.3, -0.25) is 4.99 Å². The SMILES string of the molecule is NC1=NC=C2N=CSC2C1. The van der Waals surface area contributed by atoms with Gasteiger partial charge in [-0.25, -0.2) is 4.99 Å². The summed E-state index contributed by atoms with van der Waals surface area (Å²) >= 11 is 1.71. The third-order valence-corrected chi connectivity index (χ3v) is 2.48. The van der Waals surface area contributed by atoms with Crippen LogP contribution in [0.1, 0.15) is 6.42 Å². The third kappa shape index (κ3) is 0.844. The molecule has 0 aromatic carbocycles. The standard InChI is InChI=1S/C6H7N3S/c7-6-1-5-4(2-8-6)9-3-10-5/h2-3,5H,1H2,(H2,7,8). The Kier molecular flexibility index (Phi) is 1.27. The molecule has 0 amide bonds. The predicted molar refractivity (Wildman–Crippen MR) is 44.2 cm³/mol. The van der Waals surface area contributed by atoms with Crippen molar-refractivity contribution in [3.8, 4) is 0 Å². The lowest BCUT2D eigenvalue weighted by Crippen LogP contribution is -2.20. The largest absolute Gasteiger partial charge is 0.387 e. The molecule has 0 aliphatic carbocycles. The van der Waals surface area contributed by atoms with Crippen molar-refractivity contribution in [3.05, 3.63) is 11.9 Å². The van der Waals surface area contributed by atoms with Gasteiger partial charge in [-0.15, -0.1) is 11.8 Å². The van der Waals surface area contributed by atoms with E-state index in [-0.39, 0.29) is 0 Å². The molecule has 4 heteroatoms. The van der Waals surface area contributed by atoms with E-state index in [2.05, 4.69) is 9.98 Å². The molecule has 2 N–H and O–H groups in total. The summed E-state index contributed by atoms with van der Waals surface area (Å²) in [6.45, 7) is 0. The molecule has 52 valence electrons. The Morgan fingerprint density at radius 3 is 3.50 bits per heavy atom. The first-order valence-electron chi connectivity index (χ1n) is 3.06. The average Bonchev–Trinajstić information content (AvgIpc) is 2.33. The number of aliphatic imine (C=N–C) groups is 2. The number of rotatable bonds is 0. The second-order valence-electron chi connectivity index (χ2n) is 2.24. The normalized spacial score (nSPS) is 29.4. The molecule has 2 heterocycles. The summed E-state index contributed by atoms with van der Waals surface area (Å²) in [6, 6.07) is 0. The van der Waals surface area contributed by atoms with Crippen LogP contribution in [0.5, 0.6) is 0 Å². The van der Waals surface area contributed by atoms with E-state index >= 15 is 0 Å². The Labute approximate surface area is 63.1 Å². The van der Waals surface area contributed by atoms with Crippen molar-refractivity contribution in [3.63, 3.8) is 0 Å². The smallest absolute Gasteiger partial charge is 0.100 e. The summed E-state index contributed by atoms with van der Waals surface area (Å²) in [4.78, 5) is 8.11. The van der Waals surface area contributed by atoms with E-state index in [4.69, 9.17) is 5.73 Å². The van der Waals surface area contributed by atoms with E-state index in [9.17, 15) is 0 Å². The van der Waals surface area contributed by atoms with E-state index in [1.807, 2.05) is 5.55 Å². The maximum absolute atomic E-state index is 5.53. The van der Waals surface area contributed by atoms with Crippen LogP contribution in [0.15, 0.2) is 21.9 Å². The fourth-order valence-corrected chi connectivity index (χ4v) is 1.84. The van der Waals surface area contributed by atoms with Crippen LogP contribution >= 0.6 is 11.8 Å². The second kappa shape index (κ2) is 2.12. The van der Waals surface area contributed by atoms with Crippen LogP contribution in [0, 0.1) is 0 Å². The molecule has 10 heavy (non-hydrogen) atoms. The van der Waals surface area contributed by atoms with Gasteiger partial charge in [0, 0.05) is 6.42 Å². The van der Waals surface area contributed by atoms with Crippen molar-refractivity contribution in [2.24, 2.45) is 15.7 Å². The average molecular weight is 153 g/mol. The molecule has 0 bridgehead atoms. The van der Waals surface area contributed by atoms with Gasteiger partial charge in [-0.2, -0.15) is 0 Å². The number of nitrogens with zero attached hydrogens (tertiary/aromatic N) is 2. The molecular formula is C6H7N3S. The van der Waals surface area contributed by atoms with Gasteiger partial charge in [0.25, 0.3) is 0 Å². The van der Waals surface area contributed by atoms with Crippen LogP contribution in [-0.4, -0.2) is 16.6 Å². The number of nitrogens with two attached hydrogens (primary N) is 1. The molecule has 3 nitrogen and oxygen atoms in total. The minimum absolute atomic E-state index is 0.442. The zero-order chi connectivity index (χ0) is 6.97. The van der Waals surface area contributed by atoms with Crippen LogP contribution in [0.2, 0.25) is 0 Å². The van der Waals surface area contributed by atoms with E-state index in [0.29, 0.717) is 11.1 Å². The highest BCUT2D eigenvalue weighted by Crippen LogP contribution is 2.29. The number of fused-ring (bicyclic) bond motifs is 1. The molecule has 1 unspecified atom stereocenters. The van der Waals surface area contributed by atoms with Gasteiger partial charge in [0.05, 0.1) is 22.7 Å². The van der Waals surface area contributed by atoms with Crippen LogP contribution in [0.3, 0.4) is 0 Å². The first-order valence-corrected chi connectivity index (χ1v) is 4.01. The highest BCUT2D eigenvalue weighted by atomic mass is 32.2. The summed E-state index contributed by atoms with van der Waals surface area (Å²) in [6.07, 6.45) is 2.59. The van der Waals surface area contributed by atoms with E-state index in [0.717, 1.165) is 12.1 Å². The van der Waals surface area contributed by atoms with E-state index in [1.165, 1.54) is 0 Å². The predicted octanol–water partition coefficient (Wildman–Crippen LogP) is 0.732. The molecule has 2 rings (SSSR count). The molecule has 1 atom stereocenters. The van der Waals surface area contributed by atoms with Crippen molar-refractivity contribution < 1.29 is 0 Å². The lowest BCUT2D eigenvalue weighted by molar-refractivity contribution is 0.984. The van der Waals surface area contributed by atoms with Crippen molar-refractivity contribution in [2.45, 2.75) is 11.7 Å². The number of amidine groups is 1. The highest BCUT2D eigenvalue weighted by Gasteiger charge is 2.22. The highest BCUT2D eigenvalue weighted by molar-refractivity contribution is 8.13. The summed E-state index contributed by atoms with van der Waals surface area (Å²) in [7, 11) is 0. The molecule has 0 saturated carbocycles. The Morgan fingerprint density at radius 1 is 1.70 bits per heavy atom. The summed E-state index contributed by atoms with van der Waals surface area (Å²) in [5, 5.41) is 0.442. The molecule has 0 radical (unpaired) electrons. The number of hydrogen-bond acceptors (Lipinski definition) is 4. The lowest BCUT2D eigenvalue weighted by Gasteiger charge is -2.11. The summed E-state index contributed by atoms with van der Waals surface area (Å²) in [5.41, 5.74) is 8.43. The first-order chi connectivity index (χ1) is 4.86. The van der Waals surface area contributed by atoms with Gasteiger partial charge >= 0.3 is 0 Å². The van der Waals surface area contributed by atoms with Gasteiger partial charge in [-0.1, -0.05) is 0 Å². The zero-order valence-corrected chi connectivity index (χ0v) is 6.14. The molecule has 2 aliphatic heterocycles. The fourth-order valence-electron chi connectivity index (χ4n) is 0.978. The molecule has 0 saturated heterocycles. The zero-order valence-electron chi connectivity index (χ0n) is 5.32. The Balaban J connectivity index is 2.30. The topological polar surface area (TPSA) is 50.7 Å². The quantitative estimate of drug-likeness (QED) is 0.557. The molecule has 0 fully saturated rings. The van der Waals surface area contributed by atoms with Gasteiger partial charge in [-0.05, 0) is 0 Å². The molecule has 2 aliphatic rings.